The van der Waals surface area contributed by atoms with Gasteiger partial charge in [0.25, 0.3) is 5.56 Å². The van der Waals surface area contributed by atoms with Crippen LogP contribution in [0.1, 0.15) is 61.3 Å². The van der Waals surface area contributed by atoms with Gasteiger partial charge in [0, 0.05) is 81.8 Å². The van der Waals surface area contributed by atoms with Crippen molar-refractivity contribution in [2.75, 3.05) is 51.8 Å². The van der Waals surface area contributed by atoms with E-state index in [9.17, 15) is 19.2 Å². The summed E-state index contributed by atoms with van der Waals surface area (Å²) in [5.74, 6) is 1.53. The quantitative estimate of drug-likeness (QED) is 0.254. The highest BCUT2D eigenvalue weighted by atomic mass is 16.5. The number of imidazole rings is 1. The number of hydrogen-bond acceptors (Lipinski definition) is 9. The second-order valence-corrected chi connectivity index (χ2v) is 16.1. The third-order valence-corrected chi connectivity index (χ3v) is 13.0. The van der Waals surface area contributed by atoms with Crippen molar-refractivity contribution in [1.29, 1.82) is 0 Å². The summed E-state index contributed by atoms with van der Waals surface area (Å²) in [6, 6.07) is 10.6. The average Bonchev–Trinajstić information content (AvgIpc) is 3.55. The zero-order valence-electron chi connectivity index (χ0n) is 32.9. The van der Waals surface area contributed by atoms with E-state index >= 15 is 0 Å². The Kier molecular flexibility index (Phi) is 9.87. The zero-order chi connectivity index (χ0) is 38.7. The van der Waals surface area contributed by atoms with Crippen molar-refractivity contribution in [2.24, 2.45) is 20.0 Å². The maximum absolute atomic E-state index is 13.3. The lowest BCUT2D eigenvalue weighted by Gasteiger charge is -2.44. The number of aromatic nitrogens is 3. The lowest BCUT2D eigenvalue weighted by atomic mass is 9.94. The third kappa shape index (κ3) is 6.64. The maximum atomic E-state index is 13.3. The van der Waals surface area contributed by atoms with Crippen LogP contribution in [0.25, 0.3) is 22.2 Å². The number of nitrogens with one attached hydrogen (secondary N) is 1. The summed E-state index contributed by atoms with van der Waals surface area (Å²) < 4.78 is 16.7. The molecule has 6 heterocycles. The van der Waals surface area contributed by atoms with Crippen molar-refractivity contribution in [3.63, 3.8) is 0 Å². The molecule has 4 aromatic rings. The first-order chi connectivity index (χ1) is 26.4. The molecule has 4 aliphatic heterocycles. The molecule has 2 bridgehead atoms. The van der Waals surface area contributed by atoms with E-state index in [1.54, 1.807) is 42.0 Å². The summed E-state index contributed by atoms with van der Waals surface area (Å²) in [4.78, 5) is 58.0. The van der Waals surface area contributed by atoms with E-state index in [-0.39, 0.29) is 23.6 Å². The standard InChI is InChI=1S/C42H53N7O6/c1-25-26(2)41(52)44(3)23-32(25)28-17-37(54-5)33(38(18-28)55-6)24-46-15-13-27(14-16-46)20-48-30-7-8-31(48)22-47(21-30)29-9-10-34-36(19-29)45(4)42(53)49(34)35-11-12-39(50)43-40(35)51/h9-10,17-19,23,27,30-31,35H,7-8,11-16,20-22,24H2,1-6H3,(H,43,50,51). The highest BCUT2D eigenvalue weighted by Crippen LogP contribution is 2.39. The Balaban J connectivity index is 0.907. The average molecular weight is 752 g/mol. The molecule has 0 radical (unpaired) electrons. The number of carbonyl (C=O) groups is 2. The van der Waals surface area contributed by atoms with Crippen LogP contribution >= 0.6 is 0 Å². The van der Waals surface area contributed by atoms with Gasteiger partial charge in [-0.2, -0.15) is 0 Å². The predicted molar refractivity (Wildman–Crippen MR) is 212 cm³/mol. The van der Waals surface area contributed by atoms with E-state index in [4.69, 9.17) is 9.47 Å². The number of aryl methyl sites for hydroxylation is 2. The van der Waals surface area contributed by atoms with Gasteiger partial charge in [0.05, 0.1) is 30.8 Å². The Bertz CT molecular complexity index is 2240. The van der Waals surface area contributed by atoms with Gasteiger partial charge in [-0.15, -0.1) is 0 Å². The molecule has 0 spiro atoms. The van der Waals surface area contributed by atoms with E-state index in [0.717, 1.165) is 108 Å². The van der Waals surface area contributed by atoms with E-state index in [0.29, 0.717) is 24.4 Å². The number of benzene rings is 2. The van der Waals surface area contributed by atoms with Gasteiger partial charge in [0.2, 0.25) is 11.8 Å². The molecule has 13 heteroatoms. The van der Waals surface area contributed by atoms with Gasteiger partial charge in [0.1, 0.15) is 17.5 Å². The number of anilines is 1. The van der Waals surface area contributed by atoms with E-state index in [1.165, 1.54) is 12.8 Å². The fourth-order valence-corrected chi connectivity index (χ4v) is 9.69. The Morgan fingerprint density at radius 2 is 1.49 bits per heavy atom. The molecule has 3 atom stereocenters. The lowest BCUT2D eigenvalue weighted by Crippen LogP contribution is -2.55. The smallest absolute Gasteiger partial charge is 0.329 e. The largest absolute Gasteiger partial charge is 0.496 e. The fraction of sp³-hybridized carbons (Fsp3) is 0.524. The number of ether oxygens (including phenoxy) is 2. The second-order valence-electron chi connectivity index (χ2n) is 16.1. The predicted octanol–water partition coefficient (Wildman–Crippen LogP) is 3.88. The lowest BCUT2D eigenvalue weighted by molar-refractivity contribution is -0.135. The molecule has 4 saturated heterocycles. The van der Waals surface area contributed by atoms with Crippen molar-refractivity contribution >= 4 is 28.5 Å². The van der Waals surface area contributed by atoms with Gasteiger partial charge in [-0.1, -0.05) is 0 Å². The number of hydrogen-bond donors (Lipinski definition) is 1. The molecule has 0 aliphatic carbocycles. The summed E-state index contributed by atoms with van der Waals surface area (Å²) in [7, 11) is 6.97. The van der Waals surface area contributed by atoms with Crippen LogP contribution in [-0.2, 0) is 30.2 Å². The van der Waals surface area contributed by atoms with Crippen LogP contribution in [0.2, 0.25) is 0 Å². The van der Waals surface area contributed by atoms with Gasteiger partial charge >= 0.3 is 5.69 Å². The summed E-state index contributed by atoms with van der Waals surface area (Å²) in [6.07, 6.45) is 7.13. The molecule has 4 aliphatic rings. The van der Waals surface area contributed by atoms with Crippen LogP contribution in [0.3, 0.4) is 0 Å². The number of pyridine rings is 1. The summed E-state index contributed by atoms with van der Waals surface area (Å²) in [5.41, 5.74) is 7.12. The molecular weight excluding hydrogens is 699 g/mol. The van der Waals surface area contributed by atoms with Gasteiger partial charge < -0.3 is 18.9 Å². The zero-order valence-corrected chi connectivity index (χ0v) is 32.9. The number of piperazine rings is 1. The summed E-state index contributed by atoms with van der Waals surface area (Å²) in [6.45, 7) is 9.69. The first kappa shape index (κ1) is 37.1. The second kappa shape index (κ2) is 14.6. The summed E-state index contributed by atoms with van der Waals surface area (Å²) >= 11 is 0. The number of fused-ring (bicyclic) bond motifs is 3. The summed E-state index contributed by atoms with van der Waals surface area (Å²) in [5, 5.41) is 2.39. The maximum Gasteiger partial charge on any atom is 0.329 e. The van der Waals surface area contributed by atoms with Crippen LogP contribution in [0.15, 0.2) is 46.1 Å². The molecule has 2 amide bonds. The van der Waals surface area contributed by atoms with Crippen molar-refractivity contribution in [2.45, 2.75) is 77.0 Å². The highest BCUT2D eigenvalue weighted by Gasteiger charge is 2.41. The number of imide groups is 1. The number of rotatable bonds is 9. The van der Waals surface area contributed by atoms with Crippen LogP contribution < -0.4 is 30.9 Å². The van der Waals surface area contributed by atoms with E-state index < -0.39 is 11.9 Å². The molecule has 292 valence electrons. The Morgan fingerprint density at radius 1 is 0.818 bits per heavy atom. The number of piperidine rings is 2. The van der Waals surface area contributed by atoms with Crippen LogP contribution in [0.5, 0.6) is 11.5 Å². The van der Waals surface area contributed by atoms with E-state index in [2.05, 4.69) is 44.3 Å². The minimum atomic E-state index is -0.684. The SMILES string of the molecule is COc1cc(-c2cn(C)c(=O)c(C)c2C)cc(OC)c1CN1CCC(CN2C3CCC2CN(c2ccc4c(c2)n(C)c(=O)n4C2CCC(=O)NC2=O)C3)CC1. The monoisotopic (exact) mass is 751 g/mol. The first-order valence-electron chi connectivity index (χ1n) is 19.7. The van der Waals surface area contributed by atoms with Crippen LogP contribution in [0.4, 0.5) is 5.69 Å². The van der Waals surface area contributed by atoms with Crippen molar-refractivity contribution in [3.8, 4) is 22.6 Å². The van der Waals surface area contributed by atoms with Gasteiger partial charge in [-0.05, 0) is 106 Å². The molecule has 4 fully saturated rings. The minimum Gasteiger partial charge on any atom is -0.496 e. The number of carbonyl (C=O) groups excluding carboxylic acids is 2. The molecule has 2 aromatic carbocycles. The van der Waals surface area contributed by atoms with Gasteiger partial charge in [0.15, 0.2) is 0 Å². The molecular formula is C42H53N7O6. The van der Waals surface area contributed by atoms with Crippen LogP contribution in [0, 0.1) is 19.8 Å². The van der Waals surface area contributed by atoms with Crippen molar-refractivity contribution in [3.05, 3.63) is 74.1 Å². The van der Waals surface area contributed by atoms with Gasteiger partial charge in [-0.3, -0.25) is 38.6 Å². The Morgan fingerprint density at radius 3 is 2.13 bits per heavy atom. The molecule has 55 heavy (non-hydrogen) atoms. The number of likely N-dealkylation sites (tertiary alicyclic amines) is 1. The molecule has 8 rings (SSSR count). The normalized spacial score (nSPS) is 22.4. The molecule has 2 aromatic heterocycles. The van der Waals surface area contributed by atoms with Gasteiger partial charge in [-0.25, -0.2) is 4.79 Å². The molecule has 13 nitrogen and oxygen atoms in total. The highest BCUT2D eigenvalue weighted by molar-refractivity contribution is 6.00. The van der Waals surface area contributed by atoms with Crippen LogP contribution in [-0.4, -0.2) is 94.3 Å². The fourth-order valence-electron chi connectivity index (χ4n) is 9.69. The number of methoxy groups -OCH3 is 2. The Hall–Kier alpha value is -4.88. The molecule has 0 saturated carbocycles. The van der Waals surface area contributed by atoms with E-state index in [1.807, 2.05) is 26.1 Å². The topological polar surface area (TPSA) is 123 Å². The van der Waals surface area contributed by atoms with Crippen molar-refractivity contribution < 1.29 is 19.1 Å². The molecule has 3 unspecified atom stereocenters. The number of nitrogens with zero attached hydrogens (tertiary/aromatic N) is 6. The Labute approximate surface area is 321 Å². The number of amides is 2. The molecule has 1 N–H and O–H groups in total. The first-order valence-corrected chi connectivity index (χ1v) is 19.7. The van der Waals surface area contributed by atoms with Crippen molar-refractivity contribution in [1.82, 2.24) is 28.8 Å². The third-order valence-electron chi connectivity index (χ3n) is 13.0. The minimum absolute atomic E-state index is 0.0146.